The number of nitrogens with zero attached hydrogens (tertiary/aromatic N) is 2. The Morgan fingerprint density at radius 2 is 1.48 bits per heavy atom. The summed E-state index contributed by atoms with van der Waals surface area (Å²) < 4.78 is 5.61. The highest BCUT2D eigenvalue weighted by atomic mass is 16.5. The van der Waals surface area contributed by atoms with Crippen LogP contribution in [0.4, 0.5) is 11.4 Å². The zero-order chi connectivity index (χ0) is 20.5. The molecular weight excluding hydrogens is 360 g/mol. The number of unbranched alkanes of at least 4 members (excludes halogenated alkanes) is 2. The van der Waals surface area contributed by atoms with E-state index in [0.29, 0.717) is 5.75 Å². The summed E-state index contributed by atoms with van der Waals surface area (Å²) in [5.74, 6) is 1.32. The largest absolute Gasteiger partial charge is 0.426 e. The van der Waals surface area contributed by atoms with Gasteiger partial charge in [-0.05, 0) is 74.9 Å². The second kappa shape index (κ2) is 10.9. The Labute approximate surface area is 174 Å². The van der Waals surface area contributed by atoms with Gasteiger partial charge in [-0.1, -0.05) is 50.3 Å². The Hall–Kier alpha value is -2.49. The lowest BCUT2D eigenvalue weighted by Gasteiger charge is -2.27. The first-order valence-corrected chi connectivity index (χ1v) is 10.9. The molecule has 1 aliphatic rings. The highest BCUT2D eigenvalue weighted by Gasteiger charge is 2.27. The smallest absolute Gasteiger partial charge is 0.314 e. The molecule has 1 fully saturated rings. The molecule has 1 saturated carbocycles. The van der Waals surface area contributed by atoms with E-state index in [0.717, 1.165) is 43.0 Å². The Balaban J connectivity index is 1.46. The molecule has 0 spiro atoms. The summed E-state index contributed by atoms with van der Waals surface area (Å²) in [4.78, 5) is 12.5. The summed E-state index contributed by atoms with van der Waals surface area (Å²) in [6.07, 6.45) is 9.45. The summed E-state index contributed by atoms with van der Waals surface area (Å²) >= 11 is 0. The second-order valence-electron chi connectivity index (χ2n) is 8.16. The number of benzene rings is 2. The highest BCUT2D eigenvalue weighted by molar-refractivity contribution is 5.75. The molecule has 0 amide bonds. The van der Waals surface area contributed by atoms with E-state index >= 15 is 0 Å². The maximum Gasteiger partial charge on any atom is 0.314 e. The van der Waals surface area contributed by atoms with E-state index in [-0.39, 0.29) is 11.9 Å². The van der Waals surface area contributed by atoms with Crippen molar-refractivity contribution >= 4 is 17.3 Å². The van der Waals surface area contributed by atoms with Gasteiger partial charge in [0.15, 0.2) is 0 Å². The Kier molecular flexibility index (Phi) is 7.97. The van der Waals surface area contributed by atoms with Crippen molar-refractivity contribution in [2.75, 3.05) is 0 Å². The van der Waals surface area contributed by atoms with Gasteiger partial charge in [-0.25, -0.2) is 0 Å². The molecule has 29 heavy (non-hydrogen) atoms. The van der Waals surface area contributed by atoms with Crippen LogP contribution in [0, 0.1) is 18.8 Å². The van der Waals surface area contributed by atoms with Gasteiger partial charge in [-0.15, -0.1) is 0 Å². The van der Waals surface area contributed by atoms with E-state index in [4.69, 9.17) is 4.74 Å². The average Bonchev–Trinajstić information content (AvgIpc) is 2.75. The summed E-state index contributed by atoms with van der Waals surface area (Å²) in [6.45, 7) is 4.28. The van der Waals surface area contributed by atoms with Crippen LogP contribution in [0.2, 0.25) is 0 Å². The van der Waals surface area contributed by atoms with Gasteiger partial charge in [0.05, 0.1) is 17.3 Å². The first kappa shape index (κ1) is 21.2. The van der Waals surface area contributed by atoms with E-state index < -0.39 is 0 Å². The van der Waals surface area contributed by atoms with Crippen molar-refractivity contribution < 1.29 is 9.53 Å². The van der Waals surface area contributed by atoms with E-state index in [9.17, 15) is 4.79 Å². The molecule has 0 atom stereocenters. The minimum atomic E-state index is -0.0916. The molecule has 0 N–H and O–H groups in total. The molecule has 3 rings (SSSR count). The Morgan fingerprint density at radius 3 is 2.07 bits per heavy atom. The topological polar surface area (TPSA) is 51.0 Å². The molecule has 0 radical (unpaired) electrons. The Morgan fingerprint density at radius 1 is 0.897 bits per heavy atom. The second-order valence-corrected chi connectivity index (χ2v) is 8.16. The van der Waals surface area contributed by atoms with Crippen LogP contribution in [0.5, 0.6) is 5.75 Å². The highest BCUT2D eigenvalue weighted by Crippen LogP contribution is 2.33. The third-order valence-corrected chi connectivity index (χ3v) is 5.77. The number of hydrogen-bond donors (Lipinski definition) is 0. The Bertz CT molecular complexity index is 789. The fourth-order valence-corrected chi connectivity index (χ4v) is 3.88. The van der Waals surface area contributed by atoms with Crippen molar-refractivity contribution in [3.05, 3.63) is 54.1 Å². The number of aryl methyl sites for hydroxylation is 1. The zero-order valence-electron chi connectivity index (χ0n) is 17.6. The van der Waals surface area contributed by atoms with Crippen LogP contribution in [0.3, 0.4) is 0 Å². The van der Waals surface area contributed by atoms with Crippen molar-refractivity contribution in [3.8, 4) is 5.75 Å². The molecule has 2 aromatic rings. The summed E-state index contributed by atoms with van der Waals surface area (Å²) in [6, 6.07) is 15.1. The van der Waals surface area contributed by atoms with Crippen molar-refractivity contribution in [1.29, 1.82) is 0 Å². The van der Waals surface area contributed by atoms with E-state index in [1.807, 2.05) is 43.3 Å². The van der Waals surface area contributed by atoms with Gasteiger partial charge < -0.3 is 4.74 Å². The number of ether oxygens (including phenoxy) is 1. The third kappa shape index (κ3) is 6.81. The molecule has 1 aliphatic carbocycles. The lowest BCUT2D eigenvalue weighted by atomic mass is 9.80. The lowest BCUT2D eigenvalue weighted by molar-refractivity contribution is -0.140. The van der Waals surface area contributed by atoms with Crippen molar-refractivity contribution in [3.63, 3.8) is 0 Å². The van der Waals surface area contributed by atoms with Gasteiger partial charge in [0.1, 0.15) is 5.75 Å². The van der Waals surface area contributed by atoms with Gasteiger partial charge in [0.2, 0.25) is 0 Å². The standard InChI is InChI=1S/C25H32N2O2/c1-3-4-5-6-20-9-11-21(12-10-20)25(28)29-24-17-15-23(16-18-24)27-26-22-13-7-19(2)8-14-22/h7-8,13-18,20-21H,3-6,9-12H2,1-2H3. The maximum absolute atomic E-state index is 12.5. The summed E-state index contributed by atoms with van der Waals surface area (Å²) in [5, 5.41) is 8.47. The predicted octanol–water partition coefficient (Wildman–Crippen LogP) is 7.70. The molecule has 0 bridgehead atoms. The predicted molar refractivity (Wildman–Crippen MR) is 117 cm³/mol. The quantitative estimate of drug-likeness (QED) is 0.200. The van der Waals surface area contributed by atoms with Crippen LogP contribution in [0.25, 0.3) is 0 Å². The van der Waals surface area contributed by atoms with Crippen molar-refractivity contribution in [2.24, 2.45) is 22.1 Å². The van der Waals surface area contributed by atoms with Crippen LogP contribution in [-0.4, -0.2) is 5.97 Å². The van der Waals surface area contributed by atoms with E-state index in [2.05, 4.69) is 17.2 Å². The van der Waals surface area contributed by atoms with Crippen LogP contribution < -0.4 is 4.74 Å². The van der Waals surface area contributed by atoms with Gasteiger partial charge in [-0.3, -0.25) is 4.79 Å². The van der Waals surface area contributed by atoms with Gasteiger partial charge in [0, 0.05) is 0 Å². The van der Waals surface area contributed by atoms with E-state index in [1.54, 1.807) is 12.1 Å². The minimum absolute atomic E-state index is 0.0401. The third-order valence-electron chi connectivity index (χ3n) is 5.77. The molecule has 0 aromatic heterocycles. The SMILES string of the molecule is CCCCCC1CCC(C(=O)Oc2ccc(N=Nc3ccc(C)cc3)cc2)CC1. The van der Waals surface area contributed by atoms with Crippen LogP contribution in [0.1, 0.15) is 63.9 Å². The summed E-state index contributed by atoms with van der Waals surface area (Å²) in [7, 11) is 0. The van der Waals surface area contributed by atoms with Crippen molar-refractivity contribution in [2.45, 2.75) is 65.2 Å². The molecule has 154 valence electrons. The van der Waals surface area contributed by atoms with Gasteiger partial charge >= 0.3 is 5.97 Å². The molecule has 2 aromatic carbocycles. The van der Waals surface area contributed by atoms with Crippen LogP contribution in [-0.2, 0) is 4.79 Å². The number of rotatable bonds is 8. The normalized spacial score (nSPS) is 19.4. The molecular formula is C25H32N2O2. The van der Waals surface area contributed by atoms with Crippen LogP contribution in [0.15, 0.2) is 58.8 Å². The number of carbonyl (C=O) groups excluding carboxylic acids is 1. The van der Waals surface area contributed by atoms with Crippen molar-refractivity contribution in [1.82, 2.24) is 0 Å². The number of azo groups is 1. The number of hydrogen-bond acceptors (Lipinski definition) is 4. The average molecular weight is 393 g/mol. The monoisotopic (exact) mass is 392 g/mol. The van der Waals surface area contributed by atoms with Crippen LogP contribution >= 0.6 is 0 Å². The molecule has 0 aliphatic heterocycles. The van der Waals surface area contributed by atoms with Gasteiger partial charge in [-0.2, -0.15) is 10.2 Å². The lowest BCUT2D eigenvalue weighted by Crippen LogP contribution is -2.25. The molecule has 0 saturated heterocycles. The molecule has 4 nitrogen and oxygen atoms in total. The fourth-order valence-electron chi connectivity index (χ4n) is 3.88. The first-order chi connectivity index (χ1) is 14.1. The molecule has 0 heterocycles. The number of esters is 1. The maximum atomic E-state index is 12.5. The molecule has 4 heteroatoms. The number of carbonyl (C=O) groups is 1. The zero-order valence-corrected chi connectivity index (χ0v) is 17.6. The van der Waals surface area contributed by atoms with Gasteiger partial charge in [0.25, 0.3) is 0 Å². The van der Waals surface area contributed by atoms with E-state index in [1.165, 1.54) is 31.2 Å². The first-order valence-electron chi connectivity index (χ1n) is 10.9. The summed E-state index contributed by atoms with van der Waals surface area (Å²) in [5.41, 5.74) is 2.74. The fraction of sp³-hybridized carbons (Fsp3) is 0.480. The molecule has 0 unspecified atom stereocenters. The minimum Gasteiger partial charge on any atom is -0.426 e.